The first-order valence-electron chi connectivity index (χ1n) is 9.73. The van der Waals surface area contributed by atoms with Crippen molar-refractivity contribution in [3.8, 4) is 0 Å². The van der Waals surface area contributed by atoms with Gasteiger partial charge in [0.05, 0.1) is 6.54 Å². The van der Waals surface area contributed by atoms with Gasteiger partial charge < -0.3 is 14.6 Å². The fourth-order valence-electron chi connectivity index (χ4n) is 5.29. The quantitative estimate of drug-likeness (QED) is 0.904. The second-order valence-electron chi connectivity index (χ2n) is 8.29. The van der Waals surface area contributed by atoms with Crippen molar-refractivity contribution in [1.82, 2.24) is 19.4 Å². The van der Waals surface area contributed by atoms with Crippen LogP contribution < -0.4 is 0 Å². The van der Waals surface area contributed by atoms with Crippen molar-refractivity contribution in [3.63, 3.8) is 0 Å². The number of hydrogen-bond donors (Lipinski definition) is 1. The third-order valence-electron chi connectivity index (χ3n) is 6.60. The lowest BCUT2D eigenvalue weighted by Crippen LogP contribution is -2.54. The highest BCUT2D eigenvalue weighted by Crippen LogP contribution is 2.45. The molecule has 3 aliphatic heterocycles. The Labute approximate surface area is 149 Å². The van der Waals surface area contributed by atoms with Crippen molar-refractivity contribution in [3.05, 3.63) is 18.2 Å². The van der Waals surface area contributed by atoms with E-state index in [1.54, 1.807) is 6.20 Å². The molecule has 3 aliphatic rings. The van der Waals surface area contributed by atoms with Gasteiger partial charge >= 0.3 is 0 Å². The van der Waals surface area contributed by atoms with E-state index in [-0.39, 0.29) is 18.0 Å². The number of hydrogen-bond acceptors (Lipinski definition) is 4. The first kappa shape index (κ1) is 17.0. The Morgan fingerprint density at radius 2 is 2.00 bits per heavy atom. The summed E-state index contributed by atoms with van der Waals surface area (Å²) in [4.78, 5) is 21.7. The van der Waals surface area contributed by atoms with Crippen LogP contribution in [0.3, 0.4) is 0 Å². The van der Waals surface area contributed by atoms with E-state index in [0.717, 1.165) is 38.1 Å². The number of aryl methyl sites for hydroxylation is 1. The number of fused-ring (bicyclic) bond motifs is 2. The molecular formula is C19H30N4O2. The zero-order valence-electron chi connectivity index (χ0n) is 15.4. The highest BCUT2D eigenvalue weighted by molar-refractivity contribution is 5.78. The monoisotopic (exact) mass is 346 g/mol. The molecule has 1 aromatic heterocycles. The second-order valence-corrected chi connectivity index (χ2v) is 8.29. The van der Waals surface area contributed by atoms with E-state index in [9.17, 15) is 9.90 Å². The first-order chi connectivity index (χ1) is 12.0. The number of aliphatic hydroxyl groups is 1. The Balaban J connectivity index is 1.46. The van der Waals surface area contributed by atoms with E-state index < -0.39 is 5.60 Å². The zero-order valence-corrected chi connectivity index (χ0v) is 15.4. The molecule has 6 nitrogen and oxygen atoms in total. The van der Waals surface area contributed by atoms with Gasteiger partial charge in [-0.05, 0) is 51.9 Å². The summed E-state index contributed by atoms with van der Waals surface area (Å²) in [5.41, 5.74) is -0.859. The fourth-order valence-corrected chi connectivity index (χ4v) is 5.29. The molecule has 4 rings (SSSR count). The van der Waals surface area contributed by atoms with Crippen LogP contribution in [-0.4, -0.2) is 61.6 Å². The predicted octanol–water partition coefficient (Wildman–Crippen LogP) is 1.64. The van der Waals surface area contributed by atoms with Crippen LogP contribution in [0.4, 0.5) is 0 Å². The normalized spacial score (nSPS) is 36.0. The molecular weight excluding hydrogens is 316 g/mol. The third-order valence-corrected chi connectivity index (χ3v) is 6.60. The first-order valence-corrected chi connectivity index (χ1v) is 9.73. The molecule has 3 fully saturated rings. The molecule has 3 saturated heterocycles. The van der Waals surface area contributed by atoms with Crippen LogP contribution in [0.1, 0.15) is 57.7 Å². The van der Waals surface area contributed by atoms with Gasteiger partial charge in [0.2, 0.25) is 5.91 Å². The van der Waals surface area contributed by atoms with E-state index in [1.807, 2.05) is 17.8 Å². The van der Waals surface area contributed by atoms with Gasteiger partial charge in [0.25, 0.3) is 0 Å². The average Bonchev–Trinajstić information content (AvgIpc) is 3.11. The summed E-state index contributed by atoms with van der Waals surface area (Å²) < 4.78 is 1.93. The van der Waals surface area contributed by atoms with Crippen LogP contribution in [0.25, 0.3) is 0 Å². The summed E-state index contributed by atoms with van der Waals surface area (Å²) in [5.74, 6) is 1.03. The average molecular weight is 346 g/mol. The van der Waals surface area contributed by atoms with Gasteiger partial charge in [-0.2, -0.15) is 0 Å². The van der Waals surface area contributed by atoms with Crippen LogP contribution in [0.2, 0.25) is 0 Å². The number of aromatic nitrogens is 2. The summed E-state index contributed by atoms with van der Waals surface area (Å²) >= 11 is 0. The van der Waals surface area contributed by atoms with E-state index in [4.69, 9.17) is 0 Å². The number of carbonyl (C=O) groups is 1. The maximum Gasteiger partial charge on any atom is 0.237 e. The molecule has 0 unspecified atom stereocenters. The summed E-state index contributed by atoms with van der Waals surface area (Å²) in [6, 6.07) is 0.933. The number of nitrogens with zero attached hydrogens (tertiary/aromatic N) is 4. The van der Waals surface area contributed by atoms with Crippen molar-refractivity contribution >= 4 is 5.91 Å². The van der Waals surface area contributed by atoms with Crippen molar-refractivity contribution in [2.45, 2.75) is 75.6 Å². The van der Waals surface area contributed by atoms with Crippen molar-refractivity contribution in [1.29, 1.82) is 0 Å². The molecule has 1 N–H and O–H groups in total. The minimum atomic E-state index is -0.859. The van der Waals surface area contributed by atoms with Gasteiger partial charge in [-0.25, -0.2) is 4.98 Å². The maximum absolute atomic E-state index is 12.8. The number of likely N-dealkylation sites (tertiary alicyclic amines) is 1. The summed E-state index contributed by atoms with van der Waals surface area (Å²) in [6.45, 7) is 3.58. The second kappa shape index (κ2) is 6.40. The molecule has 3 atom stereocenters. The molecule has 0 saturated carbocycles. The van der Waals surface area contributed by atoms with E-state index in [1.165, 1.54) is 6.42 Å². The fraction of sp³-hybridized carbons (Fsp3) is 0.789. The molecule has 4 heterocycles. The predicted molar refractivity (Wildman–Crippen MR) is 94.9 cm³/mol. The van der Waals surface area contributed by atoms with Gasteiger partial charge in [-0.15, -0.1) is 0 Å². The van der Waals surface area contributed by atoms with Crippen molar-refractivity contribution in [2.24, 2.45) is 7.05 Å². The Bertz CT molecular complexity index is 629. The minimum absolute atomic E-state index is 0.270. The molecule has 0 radical (unpaired) electrons. The van der Waals surface area contributed by atoms with Crippen LogP contribution in [0, 0.1) is 0 Å². The van der Waals surface area contributed by atoms with E-state index in [0.29, 0.717) is 25.4 Å². The summed E-state index contributed by atoms with van der Waals surface area (Å²) in [5, 5.41) is 11.2. The van der Waals surface area contributed by atoms with Crippen LogP contribution in [0.15, 0.2) is 12.4 Å². The molecule has 25 heavy (non-hydrogen) atoms. The SMILES string of the molecule is C[C@H]1CCCCN1C(=O)CN1[C@@H]2CC[C@@H]1CC(O)(c1nccn1C)C2. The van der Waals surface area contributed by atoms with Crippen LogP contribution >= 0.6 is 0 Å². The van der Waals surface area contributed by atoms with Crippen molar-refractivity contribution < 1.29 is 9.90 Å². The lowest BCUT2D eigenvalue weighted by atomic mass is 9.85. The summed E-state index contributed by atoms with van der Waals surface area (Å²) in [6.07, 6.45) is 10.6. The number of rotatable bonds is 3. The highest BCUT2D eigenvalue weighted by atomic mass is 16.3. The van der Waals surface area contributed by atoms with Gasteiger partial charge in [-0.3, -0.25) is 9.69 Å². The molecule has 6 heteroatoms. The maximum atomic E-state index is 12.8. The topological polar surface area (TPSA) is 61.6 Å². The molecule has 0 spiro atoms. The smallest absolute Gasteiger partial charge is 0.237 e. The standard InChI is InChI=1S/C19H30N4O2/c1-14-5-3-4-9-22(14)17(24)13-23-15-6-7-16(23)12-19(25,11-15)18-20-8-10-21(18)2/h8,10,14-16,25H,3-7,9,11-13H2,1-2H3/t14-,15+,16+/m0/s1. The molecule has 138 valence electrons. The zero-order chi connectivity index (χ0) is 17.6. The largest absolute Gasteiger partial charge is 0.382 e. The van der Waals surface area contributed by atoms with Crippen molar-refractivity contribution in [2.75, 3.05) is 13.1 Å². The number of carbonyl (C=O) groups excluding carboxylic acids is 1. The number of amides is 1. The minimum Gasteiger partial charge on any atom is -0.382 e. The Morgan fingerprint density at radius 3 is 2.60 bits per heavy atom. The van der Waals surface area contributed by atoms with Gasteiger partial charge in [0.15, 0.2) is 0 Å². The molecule has 2 bridgehead atoms. The Kier molecular flexibility index (Phi) is 4.36. The molecule has 1 amide bonds. The molecule has 0 aromatic carbocycles. The number of imidazole rings is 1. The molecule has 0 aliphatic carbocycles. The van der Waals surface area contributed by atoms with E-state index >= 15 is 0 Å². The van der Waals surface area contributed by atoms with E-state index in [2.05, 4.69) is 21.7 Å². The Morgan fingerprint density at radius 1 is 1.28 bits per heavy atom. The lowest BCUT2D eigenvalue weighted by molar-refractivity contribution is -0.139. The van der Waals surface area contributed by atoms with Gasteiger partial charge in [0, 0.05) is 44.1 Å². The van der Waals surface area contributed by atoms with Crippen LogP contribution in [-0.2, 0) is 17.4 Å². The van der Waals surface area contributed by atoms with Crippen LogP contribution in [0.5, 0.6) is 0 Å². The highest BCUT2D eigenvalue weighted by Gasteiger charge is 2.50. The molecule has 1 aromatic rings. The third kappa shape index (κ3) is 2.99. The number of piperidine rings is 2. The Hall–Kier alpha value is -1.40. The summed E-state index contributed by atoms with van der Waals surface area (Å²) in [7, 11) is 1.94. The van der Waals surface area contributed by atoms with Gasteiger partial charge in [-0.1, -0.05) is 0 Å². The lowest BCUT2D eigenvalue weighted by Gasteiger charge is -2.44. The van der Waals surface area contributed by atoms with Gasteiger partial charge in [0.1, 0.15) is 11.4 Å².